The molecule has 0 aliphatic rings. The third-order valence-electron chi connectivity index (χ3n) is 3.00. The van der Waals surface area contributed by atoms with Crippen molar-refractivity contribution in [2.24, 2.45) is 0 Å². The highest BCUT2D eigenvalue weighted by Gasteiger charge is 2.12. The zero-order valence-corrected chi connectivity index (χ0v) is 13.8. The van der Waals surface area contributed by atoms with Crippen LogP contribution in [0.5, 0.6) is 0 Å². The summed E-state index contributed by atoms with van der Waals surface area (Å²) in [5.41, 5.74) is 2.24. The van der Waals surface area contributed by atoms with Crippen molar-refractivity contribution >= 4 is 33.4 Å². The molecule has 0 aliphatic carbocycles. The zero-order valence-electron chi connectivity index (χ0n) is 11.5. The molecular formula is C15H13BrClFN2O. The number of pyridine rings is 1. The van der Waals surface area contributed by atoms with Gasteiger partial charge in [-0.05, 0) is 52.5 Å². The van der Waals surface area contributed by atoms with Gasteiger partial charge in [-0.3, -0.25) is 4.79 Å². The van der Waals surface area contributed by atoms with Crippen LogP contribution in [0.25, 0.3) is 0 Å². The van der Waals surface area contributed by atoms with Crippen molar-refractivity contribution in [2.75, 3.05) is 0 Å². The molecule has 3 nitrogen and oxygen atoms in total. The maximum atomic E-state index is 13.6. The van der Waals surface area contributed by atoms with Crippen molar-refractivity contribution < 1.29 is 9.18 Å². The van der Waals surface area contributed by atoms with Crippen LogP contribution >= 0.6 is 27.5 Å². The quantitative estimate of drug-likeness (QED) is 0.822. The van der Waals surface area contributed by atoms with E-state index in [9.17, 15) is 9.18 Å². The fourth-order valence-corrected chi connectivity index (χ4v) is 2.52. The van der Waals surface area contributed by atoms with Crippen molar-refractivity contribution in [3.8, 4) is 0 Å². The van der Waals surface area contributed by atoms with Gasteiger partial charge >= 0.3 is 0 Å². The van der Waals surface area contributed by atoms with Gasteiger partial charge in [0.1, 0.15) is 11.0 Å². The van der Waals surface area contributed by atoms with Crippen molar-refractivity contribution in [3.05, 3.63) is 62.1 Å². The molecule has 2 aromatic rings. The highest BCUT2D eigenvalue weighted by atomic mass is 79.9. The molecule has 1 heterocycles. The molecule has 1 aromatic heterocycles. The third kappa shape index (κ3) is 3.80. The molecule has 1 aromatic carbocycles. The van der Waals surface area contributed by atoms with Crippen LogP contribution in [-0.4, -0.2) is 10.9 Å². The third-order valence-corrected chi connectivity index (χ3v) is 3.73. The van der Waals surface area contributed by atoms with Gasteiger partial charge < -0.3 is 5.32 Å². The van der Waals surface area contributed by atoms with E-state index < -0.39 is 0 Å². The summed E-state index contributed by atoms with van der Waals surface area (Å²) >= 11 is 9.15. The molecule has 1 amide bonds. The molecule has 0 saturated carbocycles. The van der Waals surface area contributed by atoms with E-state index in [1.807, 2.05) is 0 Å². The average Bonchev–Trinajstić information content (AvgIpc) is 2.44. The Balaban J connectivity index is 2.13. The summed E-state index contributed by atoms with van der Waals surface area (Å²) in [7, 11) is 0. The second kappa shape index (κ2) is 6.54. The molecule has 0 atom stereocenters. The Morgan fingerprint density at radius 2 is 1.95 bits per heavy atom. The molecule has 0 saturated heterocycles. The molecule has 0 aliphatic heterocycles. The smallest absolute Gasteiger partial charge is 0.254 e. The molecule has 0 spiro atoms. The van der Waals surface area contributed by atoms with Gasteiger partial charge in [0, 0.05) is 17.2 Å². The molecule has 0 unspecified atom stereocenters. The van der Waals surface area contributed by atoms with Gasteiger partial charge in [-0.25, -0.2) is 9.37 Å². The van der Waals surface area contributed by atoms with Gasteiger partial charge in [0.05, 0.1) is 5.56 Å². The average molecular weight is 372 g/mol. The van der Waals surface area contributed by atoms with Crippen LogP contribution in [0, 0.1) is 19.7 Å². The lowest BCUT2D eigenvalue weighted by Gasteiger charge is -2.09. The first-order chi connectivity index (χ1) is 9.88. The number of carbonyl (C=O) groups excluding carboxylic acids is 1. The Hall–Kier alpha value is -1.46. The SMILES string of the molecule is Cc1cc(CNC(=O)c2cc(Br)cnc2Cl)cc(C)c1F. The number of aromatic nitrogens is 1. The Bertz CT molecular complexity index is 683. The number of amides is 1. The summed E-state index contributed by atoms with van der Waals surface area (Å²) in [6, 6.07) is 5.03. The fraction of sp³-hybridized carbons (Fsp3) is 0.200. The molecular weight excluding hydrogens is 359 g/mol. The van der Waals surface area contributed by atoms with Gasteiger partial charge in [-0.15, -0.1) is 0 Å². The first kappa shape index (κ1) is 15.9. The molecule has 1 N–H and O–H groups in total. The maximum absolute atomic E-state index is 13.6. The van der Waals surface area contributed by atoms with Crippen molar-refractivity contribution in [2.45, 2.75) is 20.4 Å². The van der Waals surface area contributed by atoms with E-state index in [0.29, 0.717) is 27.7 Å². The maximum Gasteiger partial charge on any atom is 0.254 e. The number of hydrogen-bond acceptors (Lipinski definition) is 2. The second-order valence-corrected chi connectivity index (χ2v) is 5.99. The first-order valence-electron chi connectivity index (χ1n) is 6.23. The second-order valence-electron chi connectivity index (χ2n) is 4.72. The lowest BCUT2D eigenvalue weighted by molar-refractivity contribution is 0.0950. The summed E-state index contributed by atoms with van der Waals surface area (Å²) in [6.07, 6.45) is 1.52. The van der Waals surface area contributed by atoms with Crippen molar-refractivity contribution in [1.29, 1.82) is 0 Å². The van der Waals surface area contributed by atoms with Crippen LogP contribution < -0.4 is 5.32 Å². The van der Waals surface area contributed by atoms with Crippen LogP contribution in [0.2, 0.25) is 5.15 Å². The van der Waals surface area contributed by atoms with Gasteiger partial charge in [0.2, 0.25) is 0 Å². The van der Waals surface area contributed by atoms with E-state index >= 15 is 0 Å². The topological polar surface area (TPSA) is 42.0 Å². The lowest BCUT2D eigenvalue weighted by Crippen LogP contribution is -2.23. The first-order valence-corrected chi connectivity index (χ1v) is 7.40. The minimum atomic E-state index is -0.326. The summed E-state index contributed by atoms with van der Waals surface area (Å²) < 4.78 is 14.2. The molecule has 0 fully saturated rings. The molecule has 6 heteroatoms. The predicted octanol–water partition coefficient (Wildman–Crippen LogP) is 4.18. The number of nitrogens with zero attached hydrogens (tertiary/aromatic N) is 1. The van der Waals surface area contributed by atoms with Crippen LogP contribution in [0.4, 0.5) is 4.39 Å². The minimum absolute atomic E-state index is 0.141. The van der Waals surface area contributed by atoms with Gasteiger partial charge in [-0.2, -0.15) is 0 Å². The summed E-state index contributed by atoms with van der Waals surface area (Å²) in [4.78, 5) is 16.0. The van der Waals surface area contributed by atoms with Gasteiger partial charge in [0.15, 0.2) is 0 Å². The molecule has 0 radical (unpaired) electrons. The molecule has 2 rings (SSSR count). The normalized spacial score (nSPS) is 10.5. The highest BCUT2D eigenvalue weighted by molar-refractivity contribution is 9.10. The summed E-state index contributed by atoms with van der Waals surface area (Å²) in [6.45, 7) is 3.69. The number of rotatable bonds is 3. The van der Waals surface area contributed by atoms with Gasteiger partial charge in [0.25, 0.3) is 5.91 Å². The number of aryl methyl sites for hydroxylation is 2. The van der Waals surface area contributed by atoms with Crippen molar-refractivity contribution in [1.82, 2.24) is 10.3 Å². The summed E-state index contributed by atoms with van der Waals surface area (Å²) in [5.74, 6) is -0.544. The molecule has 0 bridgehead atoms. The van der Waals surface area contributed by atoms with E-state index in [4.69, 9.17) is 11.6 Å². The van der Waals surface area contributed by atoms with E-state index in [2.05, 4.69) is 26.2 Å². The van der Waals surface area contributed by atoms with Crippen LogP contribution in [0.15, 0.2) is 28.9 Å². The fourth-order valence-electron chi connectivity index (χ4n) is 2.00. The number of halogens is 3. The summed E-state index contributed by atoms with van der Waals surface area (Å²) in [5, 5.41) is 2.89. The van der Waals surface area contributed by atoms with E-state index in [1.54, 1.807) is 32.0 Å². The molecule has 21 heavy (non-hydrogen) atoms. The predicted molar refractivity (Wildman–Crippen MR) is 84.0 cm³/mol. The monoisotopic (exact) mass is 370 g/mol. The Morgan fingerprint density at radius 1 is 1.33 bits per heavy atom. The van der Waals surface area contributed by atoms with E-state index in [1.165, 1.54) is 6.20 Å². The van der Waals surface area contributed by atoms with Crippen molar-refractivity contribution in [3.63, 3.8) is 0 Å². The zero-order chi connectivity index (χ0) is 15.6. The Morgan fingerprint density at radius 3 is 2.57 bits per heavy atom. The number of hydrogen-bond donors (Lipinski definition) is 1. The van der Waals surface area contributed by atoms with E-state index in [-0.39, 0.29) is 16.9 Å². The van der Waals surface area contributed by atoms with E-state index in [0.717, 1.165) is 5.56 Å². The standard InChI is InChI=1S/C15H13BrClFN2O/c1-8-3-10(4-9(2)13(8)18)6-20-15(21)12-5-11(16)7-19-14(12)17/h3-5,7H,6H2,1-2H3,(H,20,21). The lowest BCUT2D eigenvalue weighted by atomic mass is 10.1. The highest BCUT2D eigenvalue weighted by Crippen LogP contribution is 2.18. The number of benzene rings is 1. The molecule has 110 valence electrons. The minimum Gasteiger partial charge on any atom is -0.348 e. The Kier molecular flexibility index (Phi) is 4.96. The number of carbonyl (C=O) groups is 1. The number of nitrogens with one attached hydrogen (secondary N) is 1. The van der Waals surface area contributed by atoms with Crippen LogP contribution in [0.3, 0.4) is 0 Å². The van der Waals surface area contributed by atoms with Gasteiger partial charge in [-0.1, -0.05) is 23.7 Å². The largest absolute Gasteiger partial charge is 0.348 e. The van der Waals surface area contributed by atoms with Crippen LogP contribution in [-0.2, 0) is 6.54 Å². The Labute approximate surface area is 135 Å². The van der Waals surface area contributed by atoms with Crippen LogP contribution in [0.1, 0.15) is 27.0 Å².